The molecule has 0 radical (unpaired) electrons. The monoisotopic (exact) mass is 151 g/mol. The molecule has 1 fully saturated rings. The first kappa shape index (κ1) is 6.85. The summed E-state index contributed by atoms with van der Waals surface area (Å²) < 4.78 is 0. The van der Waals surface area contributed by atoms with Crippen molar-refractivity contribution in [3.8, 4) is 0 Å². The molecule has 0 spiro atoms. The van der Waals surface area contributed by atoms with E-state index < -0.39 is 0 Å². The Labute approximate surface area is 66.0 Å². The Morgan fingerprint density at radius 3 is 3.00 bits per heavy atom. The van der Waals surface area contributed by atoms with Gasteiger partial charge in [-0.25, -0.2) is 4.98 Å². The summed E-state index contributed by atoms with van der Waals surface area (Å²) in [6.45, 7) is 0. The number of aromatic amines is 1. The third kappa shape index (κ3) is 1.16. The van der Waals surface area contributed by atoms with Crippen LogP contribution in [-0.2, 0) is 0 Å². The summed E-state index contributed by atoms with van der Waals surface area (Å²) in [6, 6.07) is 0.343. The van der Waals surface area contributed by atoms with Crippen molar-refractivity contribution >= 4 is 0 Å². The highest BCUT2D eigenvalue weighted by Crippen LogP contribution is 2.31. The van der Waals surface area contributed by atoms with Crippen LogP contribution in [0.2, 0.25) is 0 Å². The molecule has 2 rings (SSSR count). The molecule has 0 amide bonds. The van der Waals surface area contributed by atoms with E-state index in [1.54, 1.807) is 6.33 Å². The van der Waals surface area contributed by atoms with E-state index in [9.17, 15) is 0 Å². The second-order valence-electron chi connectivity index (χ2n) is 3.21. The number of aromatic nitrogens is 2. The van der Waals surface area contributed by atoms with Crippen molar-refractivity contribution in [2.45, 2.75) is 31.2 Å². The molecule has 2 atom stereocenters. The number of imidazole rings is 1. The van der Waals surface area contributed by atoms with Crippen LogP contribution in [-0.4, -0.2) is 16.0 Å². The summed E-state index contributed by atoms with van der Waals surface area (Å²) in [5.41, 5.74) is 7.13. The molecule has 3 N–H and O–H groups in total. The van der Waals surface area contributed by atoms with Gasteiger partial charge in [0.2, 0.25) is 0 Å². The van der Waals surface area contributed by atoms with E-state index in [1.165, 1.54) is 18.5 Å². The van der Waals surface area contributed by atoms with Crippen molar-refractivity contribution in [3.05, 3.63) is 18.2 Å². The van der Waals surface area contributed by atoms with Gasteiger partial charge in [-0.2, -0.15) is 0 Å². The van der Waals surface area contributed by atoms with Crippen molar-refractivity contribution in [3.63, 3.8) is 0 Å². The standard InChI is InChI=1S/C8H13N3/c9-7-3-1-2-6(7)8-4-10-5-11-8/h4-7H,1-3,9H2,(H,10,11)/t6-,7-/m0/s1. The molecule has 1 aliphatic carbocycles. The summed E-state index contributed by atoms with van der Waals surface area (Å²) in [4.78, 5) is 7.11. The molecule has 60 valence electrons. The first-order valence-electron chi connectivity index (χ1n) is 4.12. The van der Waals surface area contributed by atoms with Crippen LogP contribution in [0, 0.1) is 0 Å². The highest BCUT2D eigenvalue weighted by molar-refractivity contribution is 5.09. The third-order valence-electron chi connectivity index (χ3n) is 2.49. The topological polar surface area (TPSA) is 54.7 Å². The number of H-pyrrole nitrogens is 1. The zero-order valence-electron chi connectivity index (χ0n) is 6.46. The smallest absolute Gasteiger partial charge is 0.0921 e. The van der Waals surface area contributed by atoms with Gasteiger partial charge >= 0.3 is 0 Å². The molecule has 1 aromatic heterocycles. The number of nitrogens with two attached hydrogens (primary N) is 1. The summed E-state index contributed by atoms with van der Waals surface area (Å²) in [5.74, 6) is 0.525. The maximum Gasteiger partial charge on any atom is 0.0921 e. The molecule has 1 saturated carbocycles. The fourth-order valence-electron chi connectivity index (χ4n) is 1.84. The van der Waals surface area contributed by atoms with Crippen molar-refractivity contribution in [2.75, 3.05) is 0 Å². The van der Waals surface area contributed by atoms with Gasteiger partial charge in [0, 0.05) is 23.9 Å². The summed E-state index contributed by atoms with van der Waals surface area (Å²) in [6.07, 6.45) is 7.23. The number of nitrogens with zero attached hydrogens (tertiary/aromatic N) is 1. The molecule has 0 saturated heterocycles. The molecule has 0 aliphatic heterocycles. The molecular weight excluding hydrogens is 138 g/mol. The molecule has 0 aromatic carbocycles. The van der Waals surface area contributed by atoms with Crippen LogP contribution in [0.25, 0.3) is 0 Å². The van der Waals surface area contributed by atoms with Crippen LogP contribution >= 0.6 is 0 Å². The SMILES string of the molecule is N[C@H]1CCC[C@@H]1c1cnc[nH]1. The van der Waals surface area contributed by atoms with E-state index in [0.29, 0.717) is 12.0 Å². The van der Waals surface area contributed by atoms with Crippen LogP contribution in [0.1, 0.15) is 30.9 Å². The Bertz CT molecular complexity index is 217. The van der Waals surface area contributed by atoms with Crippen LogP contribution in [0.15, 0.2) is 12.5 Å². The number of rotatable bonds is 1. The lowest BCUT2D eigenvalue weighted by molar-refractivity contribution is 0.601. The van der Waals surface area contributed by atoms with Crippen LogP contribution in [0.4, 0.5) is 0 Å². The Kier molecular flexibility index (Phi) is 1.66. The predicted octanol–water partition coefficient (Wildman–Crippen LogP) is 1.00. The molecule has 1 aromatic rings. The first-order chi connectivity index (χ1) is 5.38. The number of hydrogen-bond acceptors (Lipinski definition) is 2. The molecule has 0 bridgehead atoms. The highest BCUT2D eigenvalue weighted by atomic mass is 14.9. The van der Waals surface area contributed by atoms with Gasteiger partial charge in [0.1, 0.15) is 0 Å². The number of nitrogens with one attached hydrogen (secondary N) is 1. The minimum atomic E-state index is 0.343. The Hall–Kier alpha value is -0.830. The fourth-order valence-corrected chi connectivity index (χ4v) is 1.84. The third-order valence-corrected chi connectivity index (χ3v) is 2.49. The second kappa shape index (κ2) is 2.66. The normalized spacial score (nSPS) is 31.0. The van der Waals surface area contributed by atoms with Crippen molar-refractivity contribution < 1.29 is 0 Å². The molecule has 3 heteroatoms. The van der Waals surface area contributed by atoms with E-state index in [4.69, 9.17) is 5.73 Å². The zero-order chi connectivity index (χ0) is 7.68. The van der Waals surface area contributed by atoms with E-state index >= 15 is 0 Å². The van der Waals surface area contributed by atoms with Crippen molar-refractivity contribution in [2.24, 2.45) is 5.73 Å². The maximum absolute atomic E-state index is 5.92. The van der Waals surface area contributed by atoms with Gasteiger partial charge in [-0.3, -0.25) is 0 Å². The van der Waals surface area contributed by atoms with Crippen molar-refractivity contribution in [1.82, 2.24) is 9.97 Å². The molecule has 1 heterocycles. The maximum atomic E-state index is 5.92. The molecular formula is C8H13N3. The Morgan fingerprint density at radius 2 is 2.45 bits per heavy atom. The van der Waals surface area contributed by atoms with Gasteiger partial charge in [0.25, 0.3) is 0 Å². The molecule has 0 unspecified atom stereocenters. The Morgan fingerprint density at radius 1 is 1.55 bits per heavy atom. The average molecular weight is 151 g/mol. The van der Waals surface area contributed by atoms with Gasteiger partial charge in [-0.05, 0) is 12.8 Å². The van der Waals surface area contributed by atoms with E-state index in [-0.39, 0.29) is 0 Å². The van der Waals surface area contributed by atoms with Gasteiger partial charge in [-0.1, -0.05) is 6.42 Å². The summed E-state index contributed by atoms with van der Waals surface area (Å²) >= 11 is 0. The van der Waals surface area contributed by atoms with Crippen LogP contribution < -0.4 is 5.73 Å². The highest BCUT2D eigenvalue weighted by Gasteiger charge is 2.25. The molecule has 1 aliphatic rings. The zero-order valence-corrected chi connectivity index (χ0v) is 6.46. The minimum absolute atomic E-state index is 0.343. The molecule has 11 heavy (non-hydrogen) atoms. The summed E-state index contributed by atoms with van der Waals surface area (Å²) in [5, 5.41) is 0. The van der Waals surface area contributed by atoms with Gasteiger partial charge in [0.05, 0.1) is 6.33 Å². The minimum Gasteiger partial charge on any atom is -0.348 e. The quantitative estimate of drug-likeness (QED) is 0.629. The summed E-state index contributed by atoms with van der Waals surface area (Å²) in [7, 11) is 0. The average Bonchev–Trinajstić information content (AvgIpc) is 2.55. The van der Waals surface area contributed by atoms with Crippen LogP contribution in [0.5, 0.6) is 0 Å². The fraction of sp³-hybridized carbons (Fsp3) is 0.625. The van der Waals surface area contributed by atoms with Gasteiger partial charge in [-0.15, -0.1) is 0 Å². The largest absolute Gasteiger partial charge is 0.348 e. The number of hydrogen-bond donors (Lipinski definition) is 2. The first-order valence-corrected chi connectivity index (χ1v) is 4.12. The van der Waals surface area contributed by atoms with Crippen LogP contribution in [0.3, 0.4) is 0 Å². The lowest BCUT2D eigenvalue weighted by Gasteiger charge is -2.11. The predicted molar refractivity (Wildman–Crippen MR) is 43.2 cm³/mol. The van der Waals surface area contributed by atoms with E-state index in [1.807, 2.05) is 6.20 Å². The van der Waals surface area contributed by atoms with Gasteiger partial charge in [0.15, 0.2) is 0 Å². The van der Waals surface area contributed by atoms with E-state index in [0.717, 1.165) is 6.42 Å². The molecule has 3 nitrogen and oxygen atoms in total. The van der Waals surface area contributed by atoms with Crippen molar-refractivity contribution in [1.29, 1.82) is 0 Å². The Balaban J connectivity index is 2.16. The lowest BCUT2D eigenvalue weighted by Crippen LogP contribution is -2.22. The second-order valence-corrected chi connectivity index (χ2v) is 3.21. The lowest BCUT2D eigenvalue weighted by atomic mass is 10.0. The van der Waals surface area contributed by atoms with Gasteiger partial charge < -0.3 is 10.7 Å². The van der Waals surface area contributed by atoms with E-state index in [2.05, 4.69) is 9.97 Å².